The minimum atomic E-state index is -5.68. The van der Waals surface area contributed by atoms with Gasteiger partial charge in [-0.3, -0.25) is 0 Å². The first-order chi connectivity index (χ1) is 8.04. The van der Waals surface area contributed by atoms with Gasteiger partial charge in [-0.25, -0.2) is 0 Å². The maximum atomic E-state index is 12.1. The lowest BCUT2D eigenvalue weighted by molar-refractivity contribution is -0.0500. The van der Waals surface area contributed by atoms with Gasteiger partial charge in [-0.15, -0.1) is 0 Å². The first kappa shape index (κ1) is 15.1. The van der Waals surface area contributed by atoms with Gasteiger partial charge in [-0.1, -0.05) is 0 Å². The van der Waals surface area contributed by atoms with Gasteiger partial charge in [-0.05, 0) is 36.3 Å². The van der Waals surface area contributed by atoms with Gasteiger partial charge in [0.25, 0.3) is 0 Å². The first-order valence-electron chi connectivity index (χ1n) is 4.49. The Labute approximate surface area is 105 Å². The number of alkyl halides is 3. The van der Waals surface area contributed by atoms with Crippen molar-refractivity contribution in [3.63, 3.8) is 0 Å². The average molecular weight is 302 g/mol. The van der Waals surface area contributed by atoms with Crippen LogP contribution >= 0.6 is 0 Å². The summed E-state index contributed by atoms with van der Waals surface area (Å²) in [7, 11) is -5.68. The molecule has 0 fully saturated rings. The Kier molecular flexibility index (Phi) is 4.19. The third kappa shape index (κ3) is 3.30. The van der Waals surface area contributed by atoms with Crippen molar-refractivity contribution in [1.82, 2.24) is 0 Å². The molecule has 4 nitrogen and oxygen atoms in total. The summed E-state index contributed by atoms with van der Waals surface area (Å²) in [6.07, 6.45) is 1.40. The van der Waals surface area contributed by atoms with Crippen molar-refractivity contribution in [2.24, 2.45) is 0 Å². The second kappa shape index (κ2) is 4.98. The van der Waals surface area contributed by atoms with Crippen LogP contribution < -0.4 is 4.18 Å². The average Bonchev–Trinajstić information content (AvgIpc) is 2.14. The van der Waals surface area contributed by atoms with E-state index >= 15 is 0 Å². The summed E-state index contributed by atoms with van der Waals surface area (Å²) in [5.41, 5.74) is -5.10. The summed E-state index contributed by atoms with van der Waals surface area (Å²) in [6.45, 7) is 1.49. The predicted octanol–water partition coefficient (Wildman–Crippen LogP) is 1.96. The van der Waals surface area contributed by atoms with Gasteiger partial charge < -0.3 is 8.74 Å². The van der Waals surface area contributed by atoms with E-state index in [-0.39, 0.29) is 0 Å². The fraction of sp³-hybridized carbons (Fsp3) is 0.333. The van der Waals surface area contributed by atoms with Crippen molar-refractivity contribution >= 4 is 21.3 Å². The standard InChI is InChI=1S/C9H9F3O4S2/c1-6-5-7(3-4-8(6)17(2)13)16-18(14,15)9(10,11)12/h3-5H,1-2H3. The van der Waals surface area contributed by atoms with Crippen LogP contribution in [0, 0.1) is 6.92 Å². The number of benzene rings is 1. The van der Waals surface area contributed by atoms with Crippen molar-refractivity contribution in [3.8, 4) is 5.75 Å². The van der Waals surface area contributed by atoms with E-state index in [4.69, 9.17) is 0 Å². The third-order valence-corrected chi connectivity index (χ3v) is 4.00. The molecule has 1 aromatic carbocycles. The SMILES string of the molecule is Cc1cc(OS(=O)(=O)C(F)(F)F)ccc1[S+](C)[O-]. The summed E-state index contributed by atoms with van der Waals surface area (Å²) in [4.78, 5) is 0.395. The molecule has 0 aromatic heterocycles. The molecule has 0 heterocycles. The lowest BCUT2D eigenvalue weighted by Crippen LogP contribution is -2.28. The van der Waals surface area contributed by atoms with Gasteiger partial charge >= 0.3 is 15.6 Å². The summed E-state index contributed by atoms with van der Waals surface area (Å²) in [6, 6.07) is 3.36. The monoisotopic (exact) mass is 302 g/mol. The Bertz CT molecular complexity index is 537. The molecule has 0 saturated carbocycles. The van der Waals surface area contributed by atoms with Crippen LogP contribution in [0.5, 0.6) is 5.75 Å². The minimum Gasteiger partial charge on any atom is -0.612 e. The highest BCUT2D eigenvalue weighted by molar-refractivity contribution is 7.90. The summed E-state index contributed by atoms with van der Waals surface area (Å²) in [5.74, 6) is -0.473. The van der Waals surface area contributed by atoms with E-state index in [0.29, 0.717) is 10.5 Å². The highest BCUT2D eigenvalue weighted by atomic mass is 32.2. The van der Waals surface area contributed by atoms with Gasteiger partial charge in [0.15, 0.2) is 4.90 Å². The quantitative estimate of drug-likeness (QED) is 0.486. The van der Waals surface area contributed by atoms with Crippen molar-refractivity contribution < 1.29 is 30.3 Å². The molecule has 0 aliphatic rings. The molecule has 0 aliphatic heterocycles. The van der Waals surface area contributed by atoms with E-state index in [1.807, 2.05) is 0 Å². The lowest BCUT2D eigenvalue weighted by atomic mass is 10.2. The first-order valence-corrected chi connectivity index (χ1v) is 7.46. The number of rotatable bonds is 3. The van der Waals surface area contributed by atoms with Gasteiger partial charge in [0.2, 0.25) is 0 Å². The molecular formula is C9H9F3O4S2. The van der Waals surface area contributed by atoms with Crippen LogP contribution in [-0.4, -0.2) is 24.7 Å². The van der Waals surface area contributed by atoms with E-state index in [1.165, 1.54) is 19.2 Å². The normalized spacial score (nSPS) is 14.3. The maximum absolute atomic E-state index is 12.1. The maximum Gasteiger partial charge on any atom is 0.534 e. The molecule has 0 amide bonds. The zero-order chi connectivity index (χ0) is 14.1. The van der Waals surface area contributed by atoms with Crippen LogP contribution in [-0.2, 0) is 21.3 Å². The molecule has 0 radical (unpaired) electrons. The Morgan fingerprint density at radius 3 is 2.28 bits per heavy atom. The summed E-state index contributed by atoms with van der Waals surface area (Å²) in [5, 5.41) is 0. The van der Waals surface area contributed by atoms with Crippen LogP contribution in [0.1, 0.15) is 5.56 Å². The second-order valence-electron chi connectivity index (χ2n) is 3.36. The molecule has 102 valence electrons. The van der Waals surface area contributed by atoms with Gasteiger partial charge in [0, 0.05) is 5.56 Å². The van der Waals surface area contributed by atoms with Crippen LogP contribution in [0.3, 0.4) is 0 Å². The fourth-order valence-electron chi connectivity index (χ4n) is 1.17. The summed E-state index contributed by atoms with van der Waals surface area (Å²) < 4.78 is 72.8. The Morgan fingerprint density at radius 2 is 1.89 bits per heavy atom. The number of aryl methyl sites for hydroxylation is 1. The van der Waals surface area contributed by atoms with Crippen LogP contribution in [0.25, 0.3) is 0 Å². The van der Waals surface area contributed by atoms with E-state index in [2.05, 4.69) is 4.18 Å². The number of halogens is 3. The van der Waals surface area contributed by atoms with Gasteiger partial charge in [-0.2, -0.15) is 21.6 Å². The van der Waals surface area contributed by atoms with Crippen molar-refractivity contribution in [3.05, 3.63) is 23.8 Å². The summed E-state index contributed by atoms with van der Waals surface area (Å²) >= 11 is -1.32. The highest BCUT2D eigenvalue weighted by Crippen LogP contribution is 2.28. The Morgan fingerprint density at radius 1 is 1.33 bits per heavy atom. The van der Waals surface area contributed by atoms with E-state index < -0.39 is 32.6 Å². The largest absolute Gasteiger partial charge is 0.612 e. The second-order valence-corrected chi connectivity index (χ2v) is 6.25. The molecule has 0 N–H and O–H groups in total. The van der Waals surface area contributed by atoms with E-state index in [1.54, 1.807) is 0 Å². The molecule has 1 unspecified atom stereocenters. The molecule has 1 aromatic rings. The molecule has 1 rings (SSSR count). The van der Waals surface area contributed by atoms with Crippen LogP contribution in [0.15, 0.2) is 23.1 Å². The Balaban J connectivity index is 3.05. The zero-order valence-electron chi connectivity index (χ0n) is 9.32. The van der Waals surface area contributed by atoms with E-state index in [9.17, 15) is 26.1 Å². The molecule has 9 heteroatoms. The van der Waals surface area contributed by atoms with Gasteiger partial charge in [0.1, 0.15) is 12.0 Å². The third-order valence-electron chi connectivity index (χ3n) is 1.95. The highest BCUT2D eigenvalue weighted by Gasteiger charge is 2.48. The fourth-order valence-corrected chi connectivity index (χ4v) is 2.39. The molecular weight excluding hydrogens is 293 g/mol. The van der Waals surface area contributed by atoms with Crippen molar-refractivity contribution in [1.29, 1.82) is 0 Å². The molecule has 0 spiro atoms. The van der Waals surface area contributed by atoms with Gasteiger partial charge in [0.05, 0.1) is 0 Å². The van der Waals surface area contributed by atoms with Crippen LogP contribution in [0.4, 0.5) is 13.2 Å². The molecule has 18 heavy (non-hydrogen) atoms. The topological polar surface area (TPSA) is 66.4 Å². The van der Waals surface area contributed by atoms with E-state index in [0.717, 1.165) is 12.1 Å². The smallest absolute Gasteiger partial charge is 0.534 e. The zero-order valence-corrected chi connectivity index (χ0v) is 10.9. The molecule has 0 saturated heterocycles. The Hall–Kier alpha value is -0.930. The lowest BCUT2D eigenvalue weighted by Gasteiger charge is -2.11. The van der Waals surface area contributed by atoms with Crippen molar-refractivity contribution in [2.75, 3.05) is 6.26 Å². The number of hydrogen-bond donors (Lipinski definition) is 0. The number of hydrogen-bond acceptors (Lipinski definition) is 4. The van der Waals surface area contributed by atoms with Crippen LogP contribution in [0.2, 0.25) is 0 Å². The molecule has 0 aliphatic carbocycles. The molecule has 0 bridgehead atoms. The predicted molar refractivity (Wildman–Crippen MR) is 59.1 cm³/mol. The van der Waals surface area contributed by atoms with Crippen molar-refractivity contribution in [2.45, 2.75) is 17.3 Å². The minimum absolute atomic E-state index is 0.380. The molecule has 1 atom stereocenters.